The molecule has 2 N–H and O–H groups in total. The van der Waals surface area contributed by atoms with Crippen LogP contribution in [-0.4, -0.2) is 29.4 Å². The third-order valence-electron chi connectivity index (χ3n) is 3.62. The highest BCUT2D eigenvalue weighted by atomic mass is 16.5. The van der Waals surface area contributed by atoms with Crippen molar-refractivity contribution < 1.29 is 24.2 Å². The number of aliphatic carboxylic acids is 1. The van der Waals surface area contributed by atoms with Gasteiger partial charge in [-0.1, -0.05) is 37.3 Å². The number of carbonyl (C=O) groups is 3. The second-order valence-electron chi connectivity index (χ2n) is 5.39. The summed E-state index contributed by atoms with van der Waals surface area (Å²) in [4.78, 5) is 34.6. The van der Waals surface area contributed by atoms with Gasteiger partial charge < -0.3 is 15.2 Å². The molecule has 0 aliphatic heterocycles. The molecule has 130 valence electrons. The summed E-state index contributed by atoms with van der Waals surface area (Å²) >= 11 is 0. The largest absolute Gasteiger partial charge is 0.481 e. The molecule has 0 radical (unpaired) electrons. The number of carboxylic acids is 1. The normalized spacial score (nSPS) is 12.7. The van der Waals surface area contributed by atoms with E-state index in [0.29, 0.717) is 29.6 Å². The molecule has 0 aromatic heterocycles. The Kier molecular flexibility index (Phi) is 6.28. The van der Waals surface area contributed by atoms with Crippen molar-refractivity contribution in [3.63, 3.8) is 0 Å². The maximum absolute atomic E-state index is 12.4. The molecule has 0 aliphatic carbocycles. The lowest BCUT2D eigenvalue weighted by molar-refractivity contribution is -0.143. The summed E-state index contributed by atoms with van der Waals surface area (Å²) < 4.78 is 5.62. The van der Waals surface area contributed by atoms with Gasteiger partial charge in [0.05, 0.1) is 0 Å². The van der Waals surface area contributed by atoms with Gasteiger partial charge >= 0.3 is 5.97 Å². The predicted molar refractivity (Wildman–Crippen MR) is 91.5 cm³/mol. The highest BCUT2D eigenvalue weighted by Crippen LogP contribution is 2.17. The van der Waals surface area contributed by atoms with Crippen LogP contribution in [0.1, 0.15) is 35.3 Å². The molecule has 0 saturated heterocycles. The lowest BCUT2D eigenvalue weighted by Gasteiger charge is -2.21. The zero-order valence-corrected chi connectivity index (χ0v) is 13.7. The van der Waals surface area contributed by atoms with Crippen LogP contribution in [0.25, 0.3) is 0 Å². The van der Waals surface area contributed by atoms with Crippen molar-refractivity contribution in [1.29, 1.82) is 0 Å². The lowest BCUT2D eigenvalue weighted by Crippen LogP contribution is -2.42. The standard InChI is InChI=1S/C19H19NO5/c1-2-16(25-15-10-8-13(12-21)9-11-15)18(22)20-17(19(23)24)14-6-4-3-5-7-14/h3-12,16-17H,2H2,1H3,(H,20,22)(H,23,24). The molecule has 0 heterocycles. The molecule has 6 nitrogen and oxygen atoms in total. The molecule has 0 aliphatic rings. The molecule has 25 heavy (non-hydrogen) atoms. The number of rotatable bonds is 8. The molecular formula is C19H19NO5. The van der Waals surface area contributed by atoms with E-state index in [1.165, 1.54) is 0 Å². The Morgan fingerprint density at radius 1 is 1.12 bits per heavy atom. The van der Waals surface area contributed by atoms with Crippen molar-refractivity contribution in [3.8, 4) is 5.75 Å². The van der Waals surface area contributed by atoms with Gasteiger partial charge in [-0.2, -0.15) is 0 Å². The monoisotopic (exact) mass is 341 g/mol. The first-order valence-electron chi connectivity index (χ1n) is 7.85. The van der Waals surface area contributed by atoms with E-state index in [1.807, 2.05) is 0 Å². The van der Waals surface area contributed by atoms with Crippen molar-refractivity contribution in [2.75, 3.05) is 0 Å². The molecule has 6 heteroatoms. The van der Waals surface area contributed by atoms with Gasteiger partial charge in [-0.25, -0.2) is 4.79 Å². The van der Waals surface area contributed by atoms with E-state index in [-0.39, 0.29) is 0 Å². The quantitative estimate of drug-likeness (QED) is 0.720. The maximum Gasteiger partial charge on any atom is 0.330 e. The van der Waals surface area contributed by atoms with Crippen molar-refractivity contribution in [1.82, 2.24) is 5.32 Å². The fraction of sp³-hybridized carbons (Fsp3) is 0.211. The minimum atomic E-state index is -1.15. The molecule has 2 unspecified atom stereocenters. The summed E-state index contributed by atoms with van der Waals surface area (Å²) in [6, 6.07) is 13.7. The topological polar surface area (TPSA) is 92.7 Å². The Balaban J connectivity index is 2.09. The van der Waals surface area contributed by atoms with E-state index in [0.717, 1.165) is 0 Å². The molecule has 0 spiro atoms. The number of hydrogen-bond donors (Lipinski definition) is 2. The minimum Gasteiger partial charge on any atom is -0.481 e. The molecule has 0 bridgehead atoms. The van der Waals surface area contributed by atoms with Gasteiger partial charge in [-0.3, -0.25) is 9.59 Å². The van der Waals surface area contributed by atoms with Gasteiger partial charge in [-0.15, -0.1) is 0 Å². The first-order chi connectivity index (χ1) is 12.0. The van der Waals surface area contributed by atoms with Crippen LogP contribution in [0, 0.1) is 0 Å². The molecule has 1 amide bonds. The van der Waals surface area contributed by atoms with Gasteiger partial charge in [0.15, 0.2) is 12.1 Å². The van der Waals surface area contributed by atoms with Gasteiger partial charge in [0.2, 0.25) is 0 Å². The number of aldehydes is 1. The summed E-state index contributed by atoms with van der Waals surface area (Å²) in [5, 5.41) is 11.9. The number of ether oxygens (including phenoxy) is 1. The van der Waals surface area contributed by atoms with Gasteiger partial charge in [0.25, 0.3) is 5.91 Å². The van der Waals surface area contributed by atoms with E-state index >= 15 is 0 Å². The van der Waals surface area contributed by atoms with Crippen molar-refractivity contribution in [2.45, 2.75) is 25.5 Å². The van der Waals surface area contributed by atoms with E-state index < -0.39 is 24.0 Å². The first kappa shape index (κ1) is 18.2. The highest BCUT2D eigenvalue weighted by molar-refractivity contribution is 5.87. The van der Waals surface area contributed by atoms with Crippen molar-refractivity contribution in [3.05, 3.63) is 65.7 Å². The molecule has 2 aromatic rings. The predicted octanol–water partition coefficient (Wildman–Crippen LogP) is 2.60. The highest BCUT2D eigenvalue weighted by Gasteiger charge is 2.26. The third-order valence-corrected chi connectivity index (χ3v) is 3.62. The molecule has 2 rings (SSSR count). The van der Waals surface area contributed by atoms with Crippen LogP contribution in [0.4, 0.5) is 0 Å². The molecule has 0 saturated carbocycles. The van der Waals surface area contributed by atoms with E-state index in [2.05, 4.69) is 5.32 Å². The number of carbonyl (C=O) groups excluding carboxylic acids is 2. The van der Waals surface area contributed by atoms with Crippen LogP contribution in [0.5, 0.6) is 5.75 Å². The maximum atomic E-state index is 12.4. The Morgan fingerprint density at radius 3 is 2.28 bits per heavy atom. The Morgan fingerprint density at radius 2 is 1.76 bits per heavy atom. The summed E-state index contributed by atoms with van der Waals surface area (Å²) in [5.41, 5.74) is 0.980. The molecule has 0 fully saturated rings. The molecule has 2 atom stereocenters. The lowest BCUT2D eigenvalue weighted by atomic mass is 10.1. The fourth-order valence-electron chi connectivity index (χ4n) is 2.28. The zero-order valence-electron chi connectivity index (χ0n) is 13.7. The second kappa shape index (κ2) is 8.63. The fourth-order valence-corrected chi connectivity index (χ4v) is 2.28. The Bertz CT molecular complexity index is 727. The number of amides is 1. The van der Waals surface area contributed by atoms with Gasteiger partial charge in [-0.05, 0) is 36.2 Å². The Labute approximate surface area is 145 Å². The van der Waals surface area contributed by atoms with Crippen LogP contribution >= 0.6 is 0 Å². The van der Waals surface area contributed by atoms with Gasteiger partial charge in [0.1, 0.15) is 12.0 Å². The Hall–Kier alpha value is -3.15. The van der Waals surface area contributed by atoms with Crippen LogP contribution in [0.3, 0.4) is 0 Å². The third kappa shape index (κ3) is 4.91. The zero-order chi connectivity index (χ0) is 18.2. The van der Waals surface area contributed by atoms with E-state index in [4.69, 9.17) is 4.74 Å². The second-order valence-corrected chi connectivity index (χ2v) is 5.39. The molecule has 2 aromatic carbocycles. The summed E-state index contributed by atoms with van der Waals surface area (Å²) in [6.45, 7) is 1.77. The van der Waals surface area contributed by atoms with Crippen LogP contribution < -0.4 is 10.1 Å². The van der Waals surface area contributed by atoms with Crippen LogP contribution in [0.15, 0.2) is 54.6 Å². The average molecular weight is 341 g/mol. The summed E-state index contributed by atoms with van der Waals surface area (Å²) in [7, 11) is 0. The average Bonchev–Trinajstić information content (AvgIpc) is 2.64. The number of benzene rings is 2. The van der Waals surface area contributed by atoms with E-state index in [1.54, 1.807) is 61.5 Å². The van der Waals surface area contributed by atoms with Crippen LogP contribution in [0.2, 0.25) is 0 Å². The van der Waals surface area contributed by atoms with E-state index in [9.17, 15) is 19.5 Å². The smallest absolute Gasteiger partial charge is 0.330 e. The number of carboxylic acid groups (broad SMARTS) is 1. The number of hydrogen-bond acceptors (Lipinski definition) is 4. The summed E-state index contributed by atoms with van der Waals surface area (Å²) in [6.07, 6.45) is 0.237. The number of nitrogens with one attached hydrogen (secondary N) is 1. The van der Waals surface area contributed by atoms with Gasteiger partial charge in [0, 0.05) is 5.56 Å². The van der Waals surface area contributed by atoms with Crippen molar-refractivity contribution >= 4 is 18.2 Å². The summed E-state index contributed by atoms with van der Waals surface area (Å²) in [5.74, 6) is -1.23. The molecular weight excluding hydrogens is 322 g/mol. The van der Waals surface area contributed by atoms with Crippen LogP contribution in [-0.2, 0) is 9.59 Å². The SMILES string of the molecule is CCC(Oc1ccc(C=O)cc1)C(=O)NC(C(=O)O)c1ccccc1. The first-order valence-corrected chi connectivity index (χ1v) is 7.85. The van der Waals surface area contributed by atoms with Crippen molar-refractivity contribution in [2.24, 2.45) is 0 Å². The minimum absolute atomic E-state index is 0.363.